The van der Waals surface area contributed by atoms with E-state index in [1.807, 2.05) is 0 Å². The topological polar surface area (TPSA) is 23.5 Å². The van der Waals surface area contributed by atoms with E-state index in [9.17, 15) is 9.50 Å². The molecule has 66 valence electrons. The number of piperidine rings is 1. The van der Waals surface area contributed by atoms with Crippen LogP contribution < -0.4 is 0 Å². The highest BCUT2D eigenvalue weighted by molar-refractivity contribution is 4.80. The first kappa shape index (κ1) is 8.94. The Morgan fingerprint density at radius 3 is 2.64 bits per heavy atom. The van der Waals surface area contributed by atoms with Crippen LogP contribution in [0, 0.1) is 0 Å². The summed E-state index contributed by atoms with van der Waals surface area (Å²) in [6.45, 7) is 5.38. The molecule has 0 saturated carbocycles. The minimum Gasteiger partial charge on any atom is -0.389 e. The predicted molar refractivity (Wildman–Crippen MR) is 42.2 cm³/mol. The van der Waals surface area contributed by atoms with E-state index in [1.165, 1.54) is 0 Å². The standard InChI is InChI=1S/C8H16FNO/c1-6(2)10-4-3-7(9)8(11)5-10/h6-8,11H,3-5H2,1-2H3/t7-,8+/m0/s1. The number of rotatable bonds is 1. The zero-order valence-electron chi connectivity index (χ0n) is 7.13. The third-order valence-corrected chi connectivity index (χ3v) is 2.26. The number of halogens is 1. The summed E-state index contributed by atoms with van der Waals surface area (Å²) in [7, 11) is 0. The van der Waals surface area contributed by atoms with Crippen molar-refractivity contribution in [1.82, 2.24) is 4.90 Å². The van der Waals surface area contributed by atoms with Crippen molar-refractivity contribution in [3.05, 3.63) is 0 Å². The Bertz CT molecular complexity index is 129. The van der Waals surface area contributed by atoms with Gasteiger partial charge >= 0.3 is 0 Å². The summed E-state index contributed by atoms with van der Waals surface area (Å²) in [5.74, 6) is 0. The third kappa shape index (κ3) is 2.14. The molecule has 2 atom stereocenters. The molecule has 0 bridgehead atoms. The van der Waals surface area contributed by atoms with Crippen LogP contribution in [0.4, 0.5) is 4.39 Å². The lowest BCUT2D eigenvalue weighted by atomic mass is 10.1. The van der Waals surface area contributed by atoms with Gasteiger partial charge in [0.1, 0.15) is 6.17 Å². The molecular weight excluding hydrogens is 145 g/mol. The Kier molecular flexibility index (Phi) is 2.84. The van der Waals surface area contributed by atoms with E-state index in [0.717, 1.165) is 6.54 Å². The van der Waals surface area contributed by atoms with Crippen LogP contribution in [0.3, 0.4) is 0 Å². The smallest absolute Gasteiger partial charge is 0.128 e. The maximum Gasteiger partial charge on any atom is 0.128 e. The Labute approximate surface area is 67.0 Å². The van der Waals surface area contributed by atoms with Gasteiger partial charge in [0.25, 0.3) is 0 Å². The molecule has 11 heavy (non-hydrogen) atoms. The van der Waals surface area contributed by atoms with Crippen molar-refractivity contribution in [1.29, 1.82) is 0 Å². The summed E-state index contributed by atoms with van der Waals surface area (Å²) in [6.07, 6.45) is -1.31. The highest BCUT2D eigenvalue weighted by atomic mass is 19.1. The molecule has 0 spiro atoms. The number of alkyl halides is 1. The number of β-amino-alcohol motifs (C(OH)–C–C–N with tert-alkyl or cyclic N) is 1. The molecule has 1 aliphatic heterocycles. The van der Waals surface area contributed by atoms with Gasteiger partial charge < -0.3 is 5.11 Å². The van der Waals surface area contributed by atoms with Crippen LogP contribution in [0.5, 0.6) is 0 Å². The quantitative estimate of drug-likeness (QED) is 0.615. The maximum absolute atomic E-state index is 12.7. The van der Waals surface area contributed by atoms with Gasteiger partial charge in [0.05, 0.1) is 6.10 Å². The van der Waals surface area contributed by atoms with Crippen molar-refractivity contribution >= 4 is 0 Å². The van der Waals surface area contributed by atoms with E-state index >= 15 is 0 Å². The Hall–Kier alpha value is -0.150. The van der Waals surface area contributed by atoms with E-state index in [0.29, 0.717) is 19.0 Å². The first-order valence-electron chi connectivity index (χ1n) is 4.17. The van der Waals surface area contributed by atoms with Crippen LogP contribution in [-0.2, 0) is 0 Å². The molecule has 0 aromatic heterocycles. The minimum atomic E-state index is -1.01. The molecule has 0 unspecified atom stereocenters. The molecule has 1 fully saturated rings. The first-order valence-corrected chi connectivity index (χ1v) is 4.17. The molecule has 0 aromatic carbocycles. The van der Waals surface area contributed by atoms with Gasteiger partial charge in [0.15, 0.2) is 0 Å². The zero-order valence-corrected chi connectivity index (χ0v) is 7.13. The molecule has 0 aliphatic carbocycles. The second-order valence-electron chi connectivity index (χ2n) is 3.46. The van der Waals surface area contributed by atoms with Crippen LogP contribution in [0.2, 0.25) is 0 Å². The van der Waals surface area contributed by atoms with Gasteiger partial charge in [-0.1, -0.05) is 0 Å². The van der Waals surface area contributed by atoms with Crippen molar-refractivity contribution in [3.63, 3.8) is 0 Å². The molecule has 0 radical (unpaired) electrons. The summed E-state index contributed by atoms with van der Waals surface area (Å²) >= 11 is 0. The van der Waals surface area contributed by atoms with E-state index in [-0.39, 0.29) is 0 Å². The number of nitrogens with zero attached hydrogens (tertiary/aromatic N) is 1. The van der Waals surface area contributed by atoms with Gasteiger partial charge in [-0.25, -0.2) is 4.39 Å². The molecular formula is C8H16FNO. The van der Waals surface area contributed by atoms with Crippen molar-refractivity contribution in [2.24, 2.45) is 0 Å². The van der Waals surface area contributed by atoms with E-state index in [1.54, 1.807) is 0 Å². The molecule has 1 saturated heterocycles. The summed E-state index contributed by atoms with van der Waals surface area (Å²) in [5.41, 5.74) is 0. The molecule has 1 aliphatic rings. The normalized spacial score (nSPS) is 34.6. The fourth-order valence-corrected chi connectivity index (χ4v) is 1.40. The fraction of sp³-hybridized carbons (Fsp3) is 1.00. The van der Waals surface area contributed by atoms with Gasteiger partial charge in [0.2, 0.25) is 0 Å². The Morgan fingerprint density at radius 1 is 1.55 bits per heavy atom. The highest BCUT2D eigenvalue weighted by Crippen LogP contribution is 2.15. The SMILES string of the molecule is CC(C)N1CC[C@H](F)[C@H](O)C1. The zero-order chi connectivity index (χ0) is 8.43. The third-order valence-electron chi connectivity index (χ3n) is 2.26. The second-order valence-corrected chi connectivity index (χ2v) is 3.46. The maximum atomic E-state index is 12.7. The lowest BCUT2D eigenvalue weighted by molar-refractivity contribution is -0.00660. The van der Waals surface area contributed by atoms with E-state index in [4.69, 9.17) is 0 Å². The van der Waals surface area contributed by atoms with Gasteiger partial charge in [-0.2, -0.15) is 0 Å². The van der Waals surface area contributed by atoms with Crippen LogP contribution in [0.25, 0.3) is 0 Å². The molecule has 2 nitrogen and oxygen atoms in total. The van der Waals surface area contributed by atoms with Crippen molar-refractivity contribution < 1.29 is 9.50 Å². The summed E-state index contributed by atoms with van der Waals surface area (Å²) in [4.78, 5) is 2.10. The number of aliphatic hydroxyl groups excluding tert-OH is 1. The van der Waals surface area contributed by atoms with Gasteiger partial charge in [0, 0.05) is 19.1 Å². The molecule has 1 N–H and O–H groups in total. The van der Waals surface area contributed by atoms with E-state index in [2.05, 4.69) is 18.7 Å². The second kappa shape index (κ2) is 3.50. The summed E-state index contributed by atoms with van der Waals surface area (Å²) < 4.78 is 12.7. The highest BCUT2D eigenvalue weighted by Gasteiger charge is 2.28. The number of aliphatic hydroxyl groups is 1. The van der Waals surface area contributed by atoms with Crippen molar-refractivity contribution in [3.8, 4) is 0 Å². The summed E-state index contributed by atoms with van der Waals surface area (Å²) in [6, 6.07) is 0.414. The van der Waals surface area contributed by atoms with Crippen molar-refractivity contribution in [2.45, 2.75) is 38.6 Å². The average molecular weight is 161 g/mol. The fourth-order valence-electron chi connectivity index (χ4n) is 1.40. The van der Waals surface area contributed by atoms with Crippen LogP contribution in [-0.4, -0.2) is 41.4 Å². The van der Waals surface area contributed by atoms with Crippen LogP contribution in [0.15, 0.2) is 0 Å². The largest absolute Gasteiger partial charge is 0.389 e. The minimum absolute atomic E-state index is 0.414. The number of hydrogen-bond donors (Lipinski definition) is 1. The molecule has 1 heterocycles. The number of hydrogen-bond acceptors (Lipinski definition) is 2. The van der Waals surface area contributed by atoms with Gasteiger partial charge in [-0.15, -0.1) is 0 Å². The predicted octanol–water partition coefficient (Wildman–Crippen LogP) is 0.799. The Morgan fingerprint density at radius 2 is 2.18 bits per heavy atom. The lowest BCUT2D eigenvalue weighted by Crippen LogP contribution is -2.47. The van der Waals surface area contributed by atoms with Gasteiger partial charge in [-0.05, 0) is 20.3 Å². The first-order chi connectivity index (χ1) is 5.11. The van der Waals surface area contributed by atoms with E-state index < -0.39 is 12.3 Å². The monoisotopic (exact) mass is 161 g/mol. The van der Waals surface area contributed by atoms with Crippen LogP contribution >= 0.6 is 0 Å². The molecule has 3 heteroatoms. The summed E-state index contributed by atoms with van der Waals surface area (Å²) in [5, 5.41) is 9.18. The molecule has 0 amide bonds. The number of likely N-dealkylation sites (tertiary alicyclic amines) is 1. The van der Waals surface area contributed by atoms with Crippen molar-refractivity contribution in [2.75, 3.05) is 13.1 Å². The lowest BCUT2D eigenvalue weighted by Gasteiger charge is -2.34. The molecule has 0 aromatic rings. The van der Waals surface area contributed by atoms with Gasteiger partial charge in [-0.3, -0.25) is 4.90 Å². The average Bonchev–Trinajstić information content (AvgIpc) is 1.94. The Balaban J connectivity index is 2.40. The van der Waals surface area contributed by atoms with Crippen LogP contribution in [0.1, 0.15) is 20.3 Å². The molecule has 1 rings (SSSR count).